The molecule has 20 heavy (non-hydrogen) atoms. The Morgan fingerprint density at radius 1 is 0.850 bits per heavy atom. The Bertz CT molecular complexity index is 558. The smallest absolute Gasteiger partial charge is 0.122 e. The standard InChI is InChI=1S/C15H13Br2ClO2/c16-12-1-3-13(4-2-12)19-7-8-20-14-5-6-15(17)11(9-14)10-18/h1-6,9H,7-8,10H2. The van der Waals surface area contributed by atoms with Gasteiger partial charge in [0.1, 0.15) is 24.7 Å². The summed E-state index contributed by atoms with van der Waals surface area (Å²) >= 11 is 12.7. The molecule has 0 amide bonds. The van der Waals surface area contributed by atoms with Crippen molar-refractivity contribution >= 4 is 43.5 Å². The Morgan fingerprint density at radius 3 is 2.10 bits per heavy atom. The van der Waals surface area contributed by atoms with E-state index < -0.39 is 0 Å². The first kappa shape index (κ1) is 15.7. The maximum absolute atomic E-state index is 5.84. The van der Waals surface area contributed by atoms with E-state index in [0.717, 1.165) is 26.0 Å². The van der Waals surface area contributed by atoms with Crippen molar-refractivity contribution in [3.8, 4) is 11.5 Å². The Labute approximate surface area is 140 Å². The van der Waals surface area contributed by atoms with Crippen molar-refractivity contribution in [3.05, 3.63) is 57.0 Å². The van der Waals surface area contributed by atoms with Crippen molar-refractivity contribution in [1.82, 2.24) is 0 Å². The van der Waals surface area contributed by atoms with Crippen molar-refractivity contribution < 1.29 is 9.47 Å². The van der Waals surface area contributed by atoms with E-state index in [1.54, 1.807) is 0 Å². The van der Waals surface area contributed by atoms with E-state index in [1.165, 1.54) is 0 Å². The summed E-state index contributed by atoms with van der Waals surface area (Å²) in [7, 11) is 0. The lowest BCUT2D eigenvalue weighted by Gasteiger charge is -2.10. The SMILES string of the molecule is ClCc1cc(OCCOc2ccc(Br)cc2)ccc1Br. The van der Waals surface area contributed by atoms with Crippen molar-refractivity contribution in [2.45, 2.75) is 5.88 Å². The molecule has 106 valence electrons. The quantitative estimate of drug-likeness (QED) is 0.460. The minimum Gasteiger partial charge on any atom is -0.490 e. The lowest BCUT2D eigenvalue weighted by molar-refractivity contribution is 0.217. The number of halogens is 3. The number of hydrogen-bond acceptors (Lipinski definition) is 2. The van der Waals surface area contributed by atoms with Gasteiger partial charge in [-0.05, 0) is 48.0 Å². The van der Waals surface area contributed by atoms with Gasteiger partial charge in [-0.25, -0.2) is 0 Å². The van der Waals surface area contributed by atoms with Crippen LogP contribution in [0.15, 0.2) is 51.4 Å². The van der Waals surface area contributed by atoms with Gasteiger partial charge >= 0.3 is 0 Å². The molecule has 2 nitrogen and oxygen atoms in total. The van der Waals surface area contributed by atoms with Gasteiger partial charge in [-0.2, -0.15) is 0 Å². The second-order valence-electron chi connectivity index (χ2n) is 4.04. The van der Waals surface area contributed by atoms with Gasteiger partial charge in [0, 0.05) is 14.8 Å². The average molecular weight is 421 g/mol. The van der Waals surface area contributed by atoms with Crippen LogP contribution in [-0.4, -0.2) is 13.2 Å². The third kappa shape index (κ3) is 4.69. The van der Waals surface area contributed by atoms with Gasteiger partial charge < -0.3 is 9.47 Å². The first-order chi connectivity index (χ1) is 9.69. The predicted octanol–water partition coefficient (Wildman–Crippen LogP) is 5.41. The third-order valence-electron chi connectivity index (χ3n) is 2.60. The molecule has 2 aromatic rings. The third-order valence-corrected chi connectivity index (χ3v) is 4.19. The monoisotopic (exact) mass is 418 g/mol. The second kappa shape index (κ2) is 7.91. The van der Waals surface area contributed by atoms with Crippen LogP contribution in [0.4, 0.5) is 0 Å². The summed E-state index contributed by atoms with van der Waals surface area (Å²) in [6, 6.07) is 13.5. The maximum Gasteiger partial charge on any atom is 0.122 e. The van der Waals surface area contributed by atoms with Crippen LogP contribution in [0.5, 0.6) is 11.5 Å². The van der Waals surface area contributed by atoms with E-state index in [-0.39, 0.29) is 0 Å². The van der Waals surface area contributed by atoms with Crippen LogP contribution in [0.2, 0.25) is 0 Å². The van der Waals surface area contributed by atoms with Gasteiger partial charge in [-0.3, -0.25) is 0 Å². The molecule has 0 atom stereocenters. The van der Waals surface area contributed by atoms with Crippen LogP contribution in [0, 0.1) is 0 Å². The van der Waals surface area contributed by atoms with Crippen molar-refractivity contribution in [2.24, 2.45) is 0 Å². The highest BCUT2D eigenvalue weighted by molar-refractivity contribution is 9.10. The summed E-state index contributed by atoms with van der Waals surface area (Å²) in [6.07, 6.45) is 0. The van der Waals surface area contributed by atoms with E-state index in [1.807, 2.05) is 42.5 Å². The molecule has 0 N–H and O–H groups in total. The summed E-state index contributed by atoms with van der Waals surface area (Å²) in [5.74, 6) is 2.07. The molecule has 2 aromatic carbocycles. The molecular formula is C15H13Br2ClO2. The molecule has 2 rings (SSSR count). The lowest BCUT2D eigenvalue weighted by Crippen LogP contribution is -2.09. The van der Waals surface area contributed by atoms with E-state index >= 15 is 0 Å². The molecule has 0 unspecified atom stereocenters. The summed E-state index contributed by atoms with van der Waals surface area (Å²) in [4.78, 5) is 0. The van der Waals surface area contributed by atoms with Crippen LogP contribution < -0.4 is 9.47 Å². The van der Waals surface area contributed by atoms with Crippen molar-refractivity contribution in [2.75, 3.05) is 13.2 Å². The Kier molecular flexibility index (Phi) is 6.20. The van der Waals surface area contributed by atoms with Crippen LogP contribution in [0.1, 0.15) is 5.56 Å². The fraction of sp³-hybridized carbons (Fsp3) is 0.200. The normalized spacial score (nSPS) is 10.3. The molecular weight excluding hydrogens is 407 g/mol. The molecule has 0 bridgehead atoms. The van der Waals surface area contributed by atoms with Crippen molar-refractivity contribution in [1.29, 1.82) is 0 Å². The number of benzene rings is 2. The largest absolute Gasteiger partial charge is 0.490 e. The van der Waals surface area contributed by atoms with Gasteiger partial charge in [0.2, 0.25) is 0 Å². The van der Waals surface area contributed by atoms with E-state index in [2.05, 4.69) is 31.9 Å². The molecule has 0 saturated carbocycles. The zero-order valence-electron chi connectivity index (χ0n) is 10.6. The summed E-state index contributed by atoms with van der Waals surface area (Å²) in [5, 5.41) is 0. The number of alkyl halides is 1. The van der Waals surface area contributed by atoms with E-state index in [9.17, 15) is 0 Å². The first-order valence-corrected chi connectivity index (χ1v) is 8.16. The maximum atomic E-state index is 5.84. The second-order valence-corrected chi connectivity index (χ2v) is 6.07. The Balaban J connectivity index is 1.79. The molecule has 0 saturated heterocycles. The molecule has 0 aliphatic heterocycles. The van der Waals surface area contributed by atoms with Gasteiger partial charge in [-0.1, -0.05) is 31.9 Å². The Hall–Kier alpha value is -0.710. The highest BCUT2D eigenvalue weighted by Gasteiger charge is 2.01. The summed E-state index contributed by atoms with van der Waals surface area (Å²) < 4.78 is 13.2. The minimum atomic E-state index is 0.452. The molecule has 0 fully saturated rings. The molecule has 5 heteroatoms. The highest BCUT2D eigenvalue weighted by Crippen LogP contribution is 2.24. The summed E-state index contributed by atoms with van der Waals surface area (Å²) in [6.45, 7) is 0.979. The van der Waals surface area contributed by atoms with Crippen LogP contribution in [0.3, 0.4) is 0 Å². The van der Waals surface area contributed by atoms with Crippen LogP contribution in [-0.2, 0) is 5.88 Å². The number of ether oxygens (including phenoxy) is 2. The molecule has 0 aliphatic rings. The topological polar surface area (TPSA) is 18.5 Å². The fourth-order valence-corrected chi connectivity index (χ4v) is 2.63. The zero-order valence-corrected chi connectivity index (χ0v) is 14.5. The zero-order chi connectivity index (χ0) is 14.4. The minimum absolute atomic E-state index is 0.452. The number of hydrogen-bond donors (Lipinski definition) is 0. The van der Waals surface area contributed by atoms with Crippen molar-refractivity contribution in [3.63, 3.8) is 0 Å². The molecule has 0 radical (unpaired) electrons. The predicted molar refractivity (Wildman–Crippen MR) is 88.8 cm³/mol. The molecule has 0 spiro atoms. The highest BCUT2D eigenvalue weighted by atomic mass is 79.9. The van der Waals surface area contributed by atoms with Gasteiger partial charge in [-0.15, -0.1) is 11.6 Å². The van der Waals surface area contributed by atoms with Crippen LogP contribution in [0.25, 0.3) is 0 Å². The van der Waals surface area contributed by atoms with Gasteiger partial charge in [0.25, 0.3) is 0 Å². The Morgan fingerprint density at radius 2 is 1.45 bits per heavy atom. The molecule has 0 heterocycles. The molecule has 0 aliphatic carbocycles. The van der Waals surface area contributed by atoms with Crippen LogP contribution >= 0.6 is 43.5 Å². The first-order valence-electron chi connectivity index (χ1n) is 6.04. The average Bonchev–Trinajstić information content (AvgIpc) is 2.47. The fourth-order valence-electron chi connectivity index (χ4n) is 1.59. The summed E-state index contributed by atoms with van der Waals surface area (Å²) in [5.41, 5.74) is 1.01. The van der Waals surface area contributed by atoms with Gasteiger partial charge in [0.05, 0.1) is 0 Å². The van der Waals surface area contributed by atoms with Gasteiger partial charge in [0.15, 0.2) is 0 Å². The number of rotatable bonds is 6. The lowest BCUT2D eigenvalue weighted by atomic mass is 10.2. The molecule has 0 aromatic heterocycles. The van der Waals surface area contributed by atoms with E-state index in [0.29, 0.717) is 19.1 Å². The van der Waals surface area contributed by atoms with E-state index in [4.69, 9.17) is 21.1 Å².